The van der Waals surface area contributed by atoms with E-state index in [2.05, 4.69) is 142 Å². The third-order valence-corrected chi connectivity index (χ3v) is 12.7. The molecule has 0 saturated carbocycles. The second-order valence-corrected chi connectivity index (χ2v) is 19.6. The molecule has 11 nitrogen and oxygen atoms in total. The molecule has 0 aromatic carbocycles. The van der Waals surface area contributed by atoms with E-state index in [1.165, 1.54) is 44.9 Å². The van der Waals surface area contributed by atoms with Gasteiger partial charge in [0.15, 0.2) is 12.4 Å². The average Bonchev–Trinajstić information content (AvgIpc) is 3.45. The molecule has 78 heavy (non-hydrogen) atoms. The van der Waals surface area contributed by atoms with Crippen LogP contribution in [-0.2, 0) is 23.8 Å². The monoisotopic (exact) mass is 1080 g/mol. The van der Waals surface area contributed by atoms with E-state index in [0.29, 0.717) is 19.3 Å². The lowest BCUT2D eigenvalue weighted by atomic mass is 9.99. The topological polar surface area (TPSA) is 175 Å². The minimum Gasteiger partial charge on any atom is -0.454 e. The van der Waals surface area contributed by atoms with Crippen molar-refractivity contribution in [3.05, 3.63) is 158 Å². The third kappa shape index (κ3) is 40.5. The average molecular weight is 1080 g/mol. The minimum absolute atomic E-state index is 0.0203. The first kappa shape index (κ1) is 71.3. The van der Waals surface area contributed by atoms with E-state index < -0.39 is 67.4 Å². The van der Waals surface area contributed by atoms with E-state index in [1.54, 1.807) is 12.2 Å². The van der Waals surface area contributed by atoms with Gasteiger partial charge in [0.2, 0.25) is 5.91 Å². The Kier molecular flexibility index (Phi) is 48.4. The highest BCUT2D eigenvalue weighted by molar-refractivity contribution is 5.81. The molecule has 0 aliphatic carbocycles. The molecule has 1 fully saturated rings. The number of hydrogen-bond donors (Lipinski definition) is 6. The van der Waals surface area contributed by atoms with Gasteiger partial charge in [0.05, 0.1) is 25.4 Å². The molecular weight excluding hydrogens is 979 g/mol. The highest BCUT2D eigenvalue weighted by Gasteiger charge is 2.47. The Balaban J connectivity index is 2.82. The Morgan fingerprint density at radius 2 is 0.923 bits per heavy atom. The largest absolute Gasteiger partial charge is 0.454 e. The first-order valence-electron chi connectivity index (χ1n) is 29.8. The van der Waals surface area contributed by atoms with Crippen molar-refractivity contribution in [1.82, 2.24) is 5.32 Å². The highest BCUT2D eigenvalue weighted by Crippen LogP contribution is 2.26. The van der Waals surface area contributed by atoms with Crippen molar-refractivity contribution >= 4 is 11.9 Å². The molecule has 1 aliphatic heterocycles. The van der Waals surface area contributed by atoms with Crippen LogP contribution in [0.3, 0.4) is 0 Å². The second-order valence-electron chi connectivity index (χ2n) is 19.6. The molecule has 0 aromatic heterocycles. The van der Waals surface area contributed by atoms with E-state index in [-0.39, 0.29) is 19.4 Å². The maximum Gasteiger partial charge on any atom is 0.306 e. The number of aliphatic hydroxyl groups excluding tert-OH is 5. The zero-order chi connectivity index (χ0) is 56.8. The summed E-state index contributed by atoms with van der Waals surface area (Å²) in [7, 11) is 0. The molecule has 1 heterocycles. The van der Waals surface area contributed by atoms with Gasteiger partial charge >= 0.3 is 5.97 Å². The van der Waals surface area contributed by atoms with Crippen LogP contribution in [0.1, 0.15) is 188 Å². The number of carbonyl (C=O) groups excluding carboxylic acids is 2. The fourth-order valence-corrected chi connectivity index (χ4v) is 8.04. The van der Waals surface area contributed by atoms with Gasteiger partial charge in [-0.15, -0.1) is 0 Å². The van der Waals surface area contributed by atoms with Crippen molar-refractivity contribution < 1.29 is 49.3 Å². The lowest BCUT2D eigenvalue weighted by molar-refractivity contribution is -0.305. The second kappa shape index (κ2) is 53.0. The van der Waals surface area contributed by atoms with Gasteiger partial charge in [-0.2, -0.15) is 0 Å². The van der Waals surface area contributed by atoms with Crippen LogP contribution in [0.15, 0.2) is 158 Å². The van der Waals surface area contributed by atoms with Crippen LogP contribution in [0.5, 0.6) is 0 Å². The van der Waals surface area contributed by atoms with Gasteiger partial charge < -0.3 is 45.1 Å². The van der Waals surface area contributed by atoms with Gasteiger partial charge in [-0.3, -0.25) is 9.59 Å². The van der Waals surface area contributed by atoms with Crippen LogP contribution in [0.4, 0.5) is 0 Å². The lowest BCUT2D eigenvalue weighted by Crippen LogP contribution is -2.61. The van der Waals surface area contributed by atoms with E-state index in [4.69, 9.17) is 14.2 Å². The molecule has 11 heteroatoms. The zero-order valence-electron chi connectivity index (χ0n) is 48.2. The van der Waals surface area contributed by atoms with E-state index in [1.807, 2.05) is 30.4 Å². The van der Waals surface area contributed by atoms with Crippen LogP contribution in [-0.4, -0.2) is 99.6 Å². The van der Waals surface area contributed by atoms with Gasteiger partial charge in [-0.25, -0.2) is 0 Å². The van der Waals surface area contributed by atoms with Crippen molar-refractivity contribution in [2.75, 3.05) is 13.2 Å². The number of amides is 1. The highest BCUT2D eigenvalue weighted by atomic mass is 16.7. The molecule has 8 atom stereocenters. The molecule has 1 amide bonds. The van der Waals surface area contributed by atoms with Crippen LogP contribution < -0.4 is 5.32 Å². The Bertz CT molecular complexity index is 1870. The van der Waals surface area contributed by atoms with Crippen molar-refractivity contribution in [3.8, 4) is 0 Å². The first-order valence-corrected chi connectivity index (χ1v) is 29.8. The van der Waals surface area contributed by atoms with Gasteiger partial charge in [-0.1, -0.05) is 237 Å². The fourth-order valence-electron chi connectivity index (χ4n) is 8.04. The number of esters is 1. The predicted molar refractivity (Wildman–Crippen MR) is 323 cm³/mol. The summed E-state index contributed by atoms with van der Waals surface area (Å²) in [6, 6.07) is -1.09. The SMILES string of the molecule is CC/C=C\C/C=C\C/C=C\C/C=C\C/C=C\C/C=C\CCC(=O)OC1C(OCC(NC(=O)C(O)C/C=C\C/C=C\C/C=C\C/C=C\C/C=C\C/C=C\CC)C(O)/C=C/CCCCCCCCCCCC)OC(CO)C(O)C1O. The summed E-state index contributed by atoms with van der Waals surface area (Å²) in [4.78, 5) is 26.4. The lowest BCUT2D eigenvalue weighted by Gasteiger charge is -2.41. The summed E-state index contributed by atoms with van der Waals surface area (Å²) in [6.45, 7) is 5.44. The Morgan fingerprint density at radius 3 is 1.36 bits per heavy atom. The molecule has 0 radical (unpaired) electrons. The number of ether oxygens (including phenoxy) is 3. The molecule has 1 rings (SSSR count). The molecule has 1 aliphatic rings. The maximum absolute atomic E-state index is 13.4. The Morgan fingerprint density at radius 1 is 0.513 bits per heavy atom. The van der Waals surface area contributed by atoms with Crippen molar-refractivity contribution in [2.45, 2.75) is 237 Å². The number of aliphatic hydroxyl groups is 5. The third-order valence-electron chi connectivity index (χ3n) is 12.7. The number of nitrogens with one attached hydrogen (secondary N) is 1. The van der Waals surface area contributed by atoms with Crippen molar-refractivity contribution in [3.63, 3.8) is 0 Å². The maximum atomic E-state index is 13.4. The Hall–Kier alpha value is -4.72. The van der Waals surface area contributed by atoms with Crippen LogP contribution in [0.25, 0.3) is 0 Å². The molecule has 438 valence electrons. The minimum atomic E-state index is -1.67. The number of rotatable bonds is 47. The Labute approximate surface area is 472 Å². The predicted octanol–water partition coefficient (Wildman–Crippen LogP) is 14.0. The van der Waals surface area contributed by atoms with Crippen LogP contribution in [0.2, 0.25) is 0 Å². The van der Waals surface area contributed by atoms with Crippen molar-refractivity contribution in [2.24, 2.45) is 0 Å². The normalized spacial score (nSPS) is 20.1. The van der Waals surface area contributed by atoms with Gasteiger partial charge in [-0.05, 0) is 96.3 Å². The number of hydrogen-bond acceptors (Lipinski definition) is 10. The van der Waals surface area contributed by atoms with Gasteiger partial charge in [0, 0.05) is 12.8 Å². The fraction of sp³-hybridized carbons (Fsp3) is 0.582. The molecule has 1 saturated heterocycles. The standard InChI is InChI=1S/C67H105NO10/c1-4-7-10-13-16-19-22-25-27-29-31-33-35-37-40-43-46-49-52-55-62(72)78-65-64(74)63(73)61(56-69)77-67(65)76-57-58(59(70)53-50-47-44-41-38-24-21-18-15-12-9-6-3)68-66(75)60(71)54-51-48-45-42-39-36-34-32-30-28-26-23-20-17-14-11-8-5-2/h7-8,10-11,16-17,19-20,25-28,31-34,37,39-40,42,46,48-51,53,58-61,63-65,67,69-71,73-74H,4-6,9,12-15,18,21-24,29-30,35-36,38,41,43-45,47,52,54-57H2,1-3H3,(H,68,75)/b10-7-,11-8-,19-16-,20-17-,27-25-,28-26-,33-31-,34-32-,40-37-,42-39-,49-46-,51-48-,53-50+. The number of allylic oxidation sites excluding steroid dienone is 24. The molecule has 0 spiro atoms. The van der Waals surface area contributed by atoms with Crippen LogP contribution in [0, 0.1) is 0 Å². The van der Waals surface area contributed by atoms with Gasteiger partial charge in [0.1, 0.15) is 24.4 Å². The smallest absolute Gasteiger partial charge is 0.306 e. The van der Waals surface area contributed by atoms with Gasteiger partial charge in [0.25, 0.3) is 0 Å². The first-order chi connectivity index (χ1) is 38.2. The molecular formula is C67H105NO10. The summed E-state index contributed by atoms with van der Waals surface area (Å²) >= 11 is 0. The van der Waals surface area contributed by atoms with E-state index >= 15 is 0 Å². The van der Waals surface area contributed by atoms with E-state index in [9.17, 15) is 35.1 Å². The quantitative estimate of drug-likeness (QED) is 0.0195. The summed E-state index contributed by atoms with van der Waals surface area (Å²) in [5.74, 6) is -1.39. The summed E-state index contributed by atoms with van der Waals surface area (Å²) in [5.41, 5.74) is 0. The van der Waals surface area contributed by atoms with Crippen LogP contribution >= 0.6 is 0 Å². The summed E-state index contributed by atoms with van der Waals surface area (Å²) < 4.78 is 17.5. The molecule has 8 unspecified atom stereocenters. The zero-order valence-corrected chi connectivity index (χ0v) is 48.2. The molecule has 6 N–H and O–H groups in total. The summed E-state index contributed by atoms with van der Waals surface area (Å²) in [5, 5.41) is 56.7. The summed E-state index contributed by atoms with van der Waals surface area (Å²) in [6.07, 6.45) is 67.4. The number of carbonyl (C=O) groups is 2. The molecule has 0 aromatic rings. The van der Waals surface area contributed by atoms with E-state index in [0.717, 1.165) is 89.9 Å². The molecule has 0 bridgehead atoms. The number of unbranched alkanes of at least 4 members (excludes halogenated alkanes) is 10. The van der Waals surface area contributed by atoms with Crippen molar-refractivity contribution in [1.29, 1.82) is 0 Å².